The first-order valence-electron chi connectivity index (χ1n) is 4.84. The van der Waals surface area contributed by atoms with Crippen molar-refractivity contribution in [2.45, 2.75) is 0 Å². The van der Waals surface area contributed by atoms with Crippen LogP contribution in [0.4, 0.5) is 5.69 Å². The minimum atomic E-state index is -0.256. The van der Waals surface area contributed by atoms with Crippen LogP contribution in [-0.4, -0.2) is 10.9 Å². The largest absolute Gasteiger partial charge is 0.321 e. The predicted molar refractivity (Wildman–Crippen MR) is 71.3 cm³/mol. The van der Waals surface area contributed by atoms with Crippen molar-refractivity contribution in [3.8, 4) is 0 Å². The van der Waals surface area contributed by atoms with Gasteiger partial charge in [0.2, 0.25) is 0 Å². The summed E-state index contributed by atoms with van der Waals surface area (Å²) >= 11 is 8.97. The summed E-state index contributed by atoms with van der Waals surface area (Å²) in [5, 5.41) is 3.36. The normalized spacial score (nSPS) is 10.0. The van der Waals surface area contributed by atoms with E-state index in [1.54, 1.807) is 42.5 Å². The van der Waals surface area contributed by atoms with E-state index in [1.807, 2.05) is 0 Å². The third-order valence-corrected chi connectivity index (χ3v) is 2.74. The molecule has 0 aliphatic heterocycles. The maximum atomic E-state index is 11.8. The fourth-order valence-electron chi connectivity index (χ4n) is 1.26. The fourth-order valence-corrected chi connectivity index (χ4v) is 1.73. The Morgan fingerprint density at radius 3 is 2.53 bits per heavy atom. The molecule has 0 unspecified atom stereocenters. The highest BCUT2D eigenvalue weighted by atomic mass is 79.9. The number of carbonyl (C=O) groups is 1. The lowest BCUT2D eigenvalue weighted by molar-refractivity contribution is 0.102. The number of pyridine rings is 1. The van der Waals surface area contributed by atoms with E-state index < -0.39 is 0 Å². The summed E-state index contributed by atoms with van der Waals surface area (Å²) in [6.07, 6.45) is 0. The topological polar surface area (TPSA) is 42.0 Å². The van der Waals surface area contributed by atoms with Crippen molar-refractivity contribution in [2.75, 3.05) is 5.32 Å². The number of nitrogens with one attached hydrogen (secondary N) is 1. The summed E-state index contributed by atoms with van der Waals surface area (Å²) in [4.78, 5) is 15.9. The second-order valence-corrected chi connectivity index (χ2v) is 4.56. The molecule has 0 atom stereocenters. The quantitative estimate of drug-likeness (QED) is 0.858. The Morgan fingerprint density at radius 1 is 1.18 bits per heavy atom. The minimum absolute atomic E-state index is 0.256. The van der Waals surface area contributed by atoms with E-state index in [1.165, 1.54) is 0 Å². The smallest absolute Gasteiger partial charge is 0.274 e. The van der Waals surface area contributed by atoms with Gasteiger partial charge >= 0.3 is 0 Å². The standard InChI is InChI=1S/C12H8BrClN2O/c13-11-3-1-2-10(16-11)12(17)15-9-6-4-8(14)5-7-9/h1-7H,(H,15,17). The zero-order valence-corrected chi connectivity index (χ0v) is 11.0. The van der Waals surface area contributed by atoms with Crippen LogP contribution in [0.25, 0.3) is 0 Å². The monoisotopic (exact) mass is 310 g/mol. The van der Waals surface area contributed by atoms with E-state index in [0.717, 1.165) is 0 Å². The van der Waals surface area contributed by atoms with Gasteiger partial charge in [-0.2, -0.15) is 0 Å². The van der Waals surface area contributed by atoms with Crippen molar-refractivity contribution in [2.24, 2.45) is 0 Å². The average Bonchev–Trinajstić information content (AvgIpc) is 2.32. The Kier molecular flexibility index (Phi) is 3.76. The van der Waals surface area contributed by atoms with Crippen molar-refractivity contribution in [3.05, 3.63) is 57.8 Å². The highest BCUT2D eigenvalue weighted by Crippen LogP contribution is 2.14. The second-order valence-electron chi connectivity index (χ2n) is 3.31. The molecule has 0 spiro atoms. The summed E-state index contributed by atoms with van der Waals surface area (Å²) in [5.74, 6) is -0.256. The molecule has 17 heavy (non-hydrogen) atoms. The van der Waals surface area contributed by atoms with Crippen molar-refractivity contribution in [1.82, 2.24) is 4.98 Å². The lowest BCUT2D eigenvalue weighted by Crippen LogP contribution is -2.13. The van der Waals surface area contributed by atoms with Crippen molar-refractivity contribution in [1.29, 1.82) is 0 Å². The van der Waals surface area contributed by atoms with Crippen LogP contribution >= 0.6 is 27.5 Å². The van der Waals surface area contributed by atoms with Crippen LogP contribution in [0.3, 0.4) is 0 Å². The molecular formula is C12H8BrClN2O. The molecule has 0 saturated carbocycles. The third-order valence-electron chi connectivity index (χ3n) is 2.05. The molecule has 0 fully saturated rings. The Bertz CT molecular complexity index is 542. The number of rotatable bonds is 2. The average molecular weight is 312 g/mol. The first kappa shape index (κ1) is 12.1. The van der Waals surface area contributed by atoms with Gasteiger partial charge in [0.05, 0.1) is 0 Å². The predicted octanol–water partition coefficient (Wildman–Crippen LogP) is 3.75. The van der Waals surface area contributed by atoms with Crippen LogP contribution < -0.4 is 5.32 Å². The van der Waals surface area contributed by atoms with Gasteiger partial charge in [-0.05, 0) is 52.3 Å². The lowest BCUT2D eigenvalue weighted by Gasteiger charge is -2.04. The molecule has 0 saturated heterocycles. The van der Waals surface area contributed by atoms with Crippen LogP contribution in [0.2, 0.25) is 5.02 Å². The van der Waals surface area contributed by atoms with E-state index in [2.05, 4.69) is 26.2 Å². The highest BCUT2D eigenvalue weighted by Gasteiger charge is 2.07. The van der Waals surface area contributed by atoms with Gasteiger partial charge in [-0.25, -0.2) is 4.98 Å². The molecule has 2 rings (SSSR count). The number of nitrogens with zero attached hydrogens (tertiary/aromatic N) is 1. The van der Waals surface area contributed by atoms with E-state index in [0.29, 0.717) is 21.0 Å². The molecule has 0 radical (unpaired) electrons. The minimum Gasteiger partial charge on any atom is -0.321 e. The molecule has 0 bridgehead atoms. The molecule has 86 valence electrons. The Balaban J connectivity index is 2.14. The van der Waals surface area contributed by atoms with Crippen LogP contribution in [0.5, 0.6) is 0 Å². The number of benzene rings is 1. The summed E-state index contributed by atoms with van der Waals surface area (Å²) in [6.45, 7) is 0. The van der Waals surface area contributed by atoms with Gasteiger partial charge in [0.1, 0.15) is 10.3 Å². The Labute approximate surface area is 112 Å². The molecule has 1 N–H and O–H groups in total. The molecule has 1 aromatic heterocycles. The van der Waals surface area contributed by atoms with Crippen molar-refractivity contribution >= 4 is 39.1 Å². The molecule has 0 aliphatic carbocycles. The number of hydrogen-bond acceptors (Lipinski definition) is 2. The van der Waals surface area contributed by atoms with Gasteiger partial charge in [0.25, 0.3) is 5.91 Å². The molecule has 3 nitrogen and oxygen atoms in total. The number of amides is 1. The second kappa shape index (κ2) is 5.29. The van der Waals surface area contributed by atoms with Crippen LogP contribution in [-0.2, 0) is 0 Å². The molecule has 5 heteroatoms. The van der Waals surface area contributed by atoms with E-state index in [4.69, 9.17) is 11.6 Å². The maximum absolute atomic E-state index is 11.8. The molecule has 1 heterocycles. The number of aromatic nitrogens is 1. The van der Waals surface area contributed by atoms with Gasteiger partial charge in [0, 0.05) is 10.7 Å². The van der Waals surface area contributed by atoms with Gasteiger partial charge in [0.15, 0.2) is 0 Å². The number of halogens is 2. The van der Waals surface area contributed by atoms with E-state index in [9.17, 15) is 4.79 Å². The fraction of sp³-hybridized carbons (Fsp3) is 0. The molecule has 1 amide bonds. The van der Waals surface area contributed by atoms with Gasteiger partial charge in [-0.3, -0.25) is 4.79 Å². The molecule has 0 aliphatic rings. The first-order chi connectivity index (χ1) is 8.15. The zero-order valence-electron chi connectivity index (χ0n) is 8.65. The summed E-state index contributed by atoms with van der Waals surface area (Å²) in [7, 11) is 0. The Hall–Kier alpha value is -1.39. The van der Waals surface area contributed by atoms with Gasteiger partial charge in [-0.15, -0.1) is 0 Å². The highest BCUT2D eigenvalue weighted by molar-refractivity contribution is 9.10. The van der Waals surface area contributed by atoms with Crippen LogP contribution in [0.15, 0.2) is 47.1 Å². The first-order valence-corrected chi connectivity index (χ1v) is 6.02. The summed E-state index contributed by atoms with van der Waals surface area (Å²) < 4.78 is 0.626. The van der Waals surface area contributed by atoms with Crippen molar-refractivity contribution < 1.29 is 4.79 Å². The molecule has 1 aromatic carbocycles. The lowest BCUT2D eigenvalue weighted by atomic mass is 10.3. The third kappa shape index (κ3) is 3.28. The number of carbonyl (C=O) groups excluding carboxylic acids is 1. The molecule has 2 aromatic rings. The SMILES string of the molecule is O=C(Nc1ccc(Cl)cc1)c1cccc(Br)n1. The van der Waals surface area contributed by atoms with E-state index in [-0.39, 0.29) is 5.91 Å². The maximum Gasteiger partial charge on any atom is 0.274 e. The zero-order chi connectivity index (χ0) is 12.3. The van der Waals surface area contributed by atoms with Gasteiger partial charge < -0.3 is 5.32 Å². The van der Waals surface area contributed by atoms with E-state index >= 15 is 0 Å². The summed E-state index contributed by atoms with van der Waals surface area (Å²) in [6, 6.07) is 12.1. The molecular weight excluding hydrogens is 304 g/mol. The van der Waals surface area contributed by atoms with Crippen LogP contribution in [0.1, 0.15) is 10.5 Å². The van der Waals surface area contributed by atoms with Crippen molar-refractivity contribution in [3.63, 3.8) is 0 Å². The van der Waals surface area contributed by atoms with Gasteiger partial charge in [-0.1, -0.05) is 17.7 Å². The number of anilines is 1. The summed E-state index contributed by atoms with van der Waals surface area (Å²) in [5.41, 5.74) is 1.04. The Morgan fingerprint density at radius 2 is 1.88 bits per heavy atom. The number of hydrogen-bond donors (Lipinski definition) is 1. The van der Waals surface area contributed by atoms with Crippen LogP contribution in [0, 0.1) is 0 Å².